The van der Waals surface area contributed by atoms with Gasteiger partial charge < -0.3 is 14.5 Å². The topological polar surface area (TPSA) is 124 Å². The van der Waals surface area contributed by atoms with Crippen LogP contribution in [0.2, 0.25) is 0 Å². The van der Waals surface area contributed by atoms with Gasteiger partial charge in [-0.05, 0) is 43.7 Å². The number of H-pyrrole nitrogens is 1. The minimum absolute atomic E-state index is 0.0370. The summed E-state index contributed by atoms with van der Waals surface area (Å²) in [6.45, 7) is 4.01. The number of nitrogens with one attached hydrogen (secondary N) is 1. The molecule has 9 heteroatoms. The zero-order chi connectivity index (χ0) is 21.0. The number of aromatic amines is 1. The molecule has 0 aliphatic carbocycles. The summed E-state index contributed by atoms with van der Waals surface area (Å²) in [5, 5.41) is 5.11. The third-order valence-electron chi connectivity index (χ3n) is 3.85. The van der Waals surface area contributed by atoms with Gasteiger partial charge in [-0.15, -0.1) is 0 Å². The van der Waals surface area contributed by atoms with Crippen molar-refractivity contribution in [2.75, 3.05) is 0 Å². The molecule has 0 amide bonds. The maximum Gasteiger partial charge on any atom is 0.251 e. The first kappa shape index (κ1) is 20.6. The highest BCUT2D eigenvalue weighted by Crippen LogP contribution is 2.29. The van der Waals surface area contributed by atoms with Crippen LogP contribution >= 0.6 is 0 Å². The first-order chi connectivity index (χ1) is 13.7. The summed E-state index contributed by atoms with van der Waals surface area (Å²) in [5.74, 6) is 1.48. The monoisotopic (exact) mass is 415 g/mol. The lowest BCUT2D eigenvalue weighted by Gasteiger charge is -2.14. The van der Waals surface area contributed by atoms with Gasteiger partial charge in [-0.1, -0.05) is 12.1 Å². The molecular formula is C20H21N3O5S. The number of aromatic nitrogens is 2. The van der Waals surface area contributed by atoms with Crippen molar-refractivity contribution in [1.29, 1.82) is 0 Å². The summed E-state index contributed by atoms with van der Waals surface area (Å²) < 4.78 is 34.3. The molecule has 0 aliphatic heterocycles. The molecule has 3 N–H and O–H groups in total. The minimum Gasteiger partial charge on any atom is -0.491 e. The van der Waals surface area contributed by atoms with Crippen LogP contribution in [0.15, 0.2) is 64.4 Å². The van der Waals surface area contributed by atoms with E-state index < -0.39 is 10.0 Å². The van der Waals surface area contributed by atoms with Crippen LogP contribution in [0.1, 0.15) is 19.4 Å². The van der Waals surface area contributed by atoms with E-state index in [0.29, 0.717) is 22.9 Å². The highest BCUT2D eigenvalue weighted by Gasteiger charge is 2.10. The SMILES string of the molecule is CC(C)Oc1cc(OCc2ccc(S(N)(=O)=O)cc2)cc(-c2nccc(=O)[nH]2)c1. The molecule has 0 bridgehead atoms. The molecule has 29 heavy (non-hydrogen) atoms. The number of rotatable bonds is 7. The van der Waals surface area contributed by atoms with Gasteiger partial charge in [0.15, 0.2) is 0 Å². The summed E-state index contributed by atoms with van der Waals surface area (Å²) >= 11 is 0. The van der Waals surface area contributed by atoms with Gasteiger partial charge in [0, 0.05) is 23.9 Å². The van der Waals surface area contributed by atoms with E-state index in [-0.39, 0.29) is 23.2 Å². The summed E-state index contributed by atoms with van der Waals surface area (Å²) in [6.07, 6.45) is 1.38. The van der Waals surface area contributed by atoms with Crippen LogP contribution in [0, 0.1) is 0 Å². The molecule has 0 atom stereocenters. The smallest absolute Gasteiger partial charge is 0.251 e. The fourth-order valence-corrected chi connectivity index (χ4v) is 3.11. The normalized spacial score (nSPS) is 11.4. The van der Waals surface area contributed by atoms with Gasteiger partial charge in [0.1, 0.15) is 23.9 Å². The minimum atomic E-state index is -3.74. The fourth-order valence-electron chi connectivity index (χ4n) is 2.59. The van der Waals surface area contributed by atoms with E-state index in [1.165, 1.54) is 24.4 Å². The van der Waals surface area contributed by atoms with E-state index in [1.54, 1.807) is 30.3 Å². The van der Waals surface area contributed by atoms with Crippen molar-refractivity contribution in [3.05, 3.63) is 70.6 Å². The second kappa shape index (κ2) is 8.46. The number of primary sulfonamides is 1. The Morgan fingerprint density at radius 1 is 1.07 bits per heavy atom. The second-order valence-corrected chi connectivity index (χ2v) is 8.18. The van der Waals surface area contributed by atoms with Crippen molar-refractivity contribution < 1.29 is 17.9 Å². The lowest BCUT2D eigenvalue weighted by Crippen LogP contribution is -2.12. The Kier molecular flexibility index (Phi) is 6.00. The summed E-state index contributed by atoms with van der Waals surface area (Å²) in [5.41, 5.74) is 1.14. The van der Waals surface area contributed by atoms with Crippen LogP contribution in [0.4, 0.5) is 0 Å². The van der Waals surface area contributed by atoms with Crippen molar-refractivity contribution in [2.45, 2.75) is 31.5 Å². The Morgan fingerprint density at radius 3 is 2.38 bits per heavy atom. The van der Waals surface area contributed by atoms with Crippen molar-refractivity contribution in [3.8, 4) is 22.9 Å². The maximum absolute atomic E-state index is 11.6. The molecule has 0 aliphatic rings. The fraction of sp³-hybridized carbons (Fsp3) is 0.200. The largest absolute Gasteiger partial charge is 0.491 e. The van der Waals surface area contributed by atoms with Gasteiger partial charge in [0.2, 0.25) is 10.0 Å². The molecule has 0 spiro atoms. The molecule has 152 valence electrons. The molecule has 0 unspecified atom stereocenters. The standard InChI is InChI=1S/C20H21N3O5S/c1-13(2)28-17-10-15(20-22-8-7-19(24)23-20)9-16(11-17)27-12-14-3-5-18(6-4-14)29(21,25)26/h3-11,13H,12H2,1-2H3,(H2,21,25,26)(H,22,23,24). The second-order valence-electron chi connectivity index (χ2n) is 6.62. The van der Waals surface area contributed by atoms with Crippen LogP contribution in [0.25, 0.3) is 11.4 Å². The number of nitrogens with two attached hydrogens (primary N) is 1. The molecular weight excluding hydrogens is 394 g/mol. The molecule has 8 nitrogen and oxygen atoms in total. The first-order valence-corrected chi connectivity index (χ1v) is 10.4. The number of ether oxygens (including phenoxy) is 2. The van der Waals surface area contributed by atoms with Crippen molar-refractivity contribution in [3.63, 3.8) is 0 Å². The van der Waals surface area contributed by atoms with Crippen molar-refractivity contribution in [2.24, 2.45) is 5.14 Å². The maximum atomic E-state index is 11.6. The van der Waals surface area contributed by atoms with Crippen LogP contribution in [-0.4, -0.2) is 24.5 Å². The van der Waals surface area contributed by atoms with E-state index >= 15 is 0 Å². The summed E-state index contributed by atoms with van der Waals surface area (Å²) in [4.78, 5) is 18.5. The van der Waals surface area contributed by atoms with Gasteiger partial charge in [-0.3, -0.25) is 4.79 Å². The van der Waals surface area contributed by atoms with E-state index in [1.807, 2.05) is 13.8 Å². The Hall–Kier alpha value is -3.17. The Labute approximate surface area is 168 Å². The van der Waals surface area contributed by atoms with Crippen LogP contribution in [-0.2, 0) is 16.6 Å². The predicted octanol–water partition coefficient (Wildman–Crippen LogP) is 2.45. The lowest BCUT2D eigenvalue weighted by atomic mass is 10.2. The molecule has 2 aromatic carbocycles. The lowest BCUT2D eigenvalue weighted by molar-refractivity contribution is 0.239. The summed E-state index contributed by atoms with van der Waals surface area (Å²) in [7, 11) is -3.74. The average Bonchev–Trinajstić information content (AvgIpc) is 2.65. The summed E-state index contributed by atoms with van der Waals surface area (Å²) in [6, 6.07) is 12.7. The number of nitrogens with zero attached hydrogens (tertiary/aromatic N) is 1. The molecule has 0 saturated carbocycles. The third kappa shape index (κ3) is 5.66. The number of hydrogen-bond donors (Lipinski definition) is 2. The van der Waals surface area contributed by atoms with E-state index in [4.69, 9.17) is 14.6 Å². The van der Waals surface area contributed by atoms with Crippen molar-refractivity contribution >= 4 is 10.0 Å². The molecule has 3 rings (SSSR count). The molecule has 0 radical (unpaired) electrons. The average molecular weight is 415 g/mol. The van der Waals surface area contributed by atoms with Crippen molar-refractivity contribution in [1.82, 2.24) is 9.97 Å². The van der Waals surface area contributed by atoms with E-state index in [0.717, 1.165) is 5.56 Å². The van der Waals surface area contributed by atoms with Gasteiger partial charge in [-0.2, -0.15) is 0 Å². The van der Waals surface area contributed by atoms with Gasteiger partial charge in [-0.25, -0.2) is 18.5 Å². The van der Waals surface area contributed by atoms with E-state index in [2.05, 4.69) is 9.97 Å². The highest BCUT2D eigenvalue weighted by molar-refractivity contribution is 7.89. The zero-order valence-electron chi connectivity index (χ0n) is 16.0. The Morgan fingerprint density at radius 2 is 1.76 bits per heavy atom. The van der Waals surface area contributed by atoms with Gasteiger partial charge in [0.25, 0.3) is 5.56 Å². The molecule has 1 aromatic heterocycles. The highest BCUT2D eigenvalue weighted by atomic mass is 32.2. The van der Waals surface area contributed by atoms with Crippen LogP contribution in [0.3, 0.4) is 0 Å². The first-order valence-electron chi connectivity index (χ1n) is 8.83. The third-order valence-corrected chi connectivity index (χ3v) is 4.78. The van der Waals surface area contributed by atoms with Gasteiger partial charge >= 0.3 is 0 Å². The molecule has 1 heterocycles. The quantitative estimate of drug-likeness (QED) is 0.611. The Balaban J connectivity index is 1.86. The Bertz CT molecular complexity index is 1160. The van der Waals surface area contributed by atoms with Crippen LogP contribution in [0.5, 0.6) is 11.5 Å². The zero-order valence-corrected chi connectivity index (χ0v) is 16.8. The molecule has 0 saturated heterocycles. The number of sulfonamides is 1. The number of hydrogen-bond acceptors (Lipinski definition) is 6. The van der Waals surface area contributed by atoms with Crippen LogP contribution < -0.4 is 20.2 Å². The number of benzene rings is 2. The predicted molar refractivity (Wildman–Crippen MR) is 108 cm³/mol. The van der Waals surface area contributed by atoms with E-state index in [9.17, 15) is 13.2 Å². The molecule has 3 aromatic rings. The van der Waals surface area contributed by atoms with Gasteiger partial charge in [0.05, 0.1) is 11.0 Å². The molecule has 0 fully saturated rings.